The van der Waals surface area contributed by atoms with Crippen LogP contribution in [-0.4, -0.2) is 0 Å². The Kier molecular flexibility index (Phi) is 11.1. The molecule has 244 valence electrons. The van der Waals surface area contributed by atoms with Gasteiger partial charge in [-0.3, -0.25) is 0 Å². The number of hydrogen-bond acceptors (Lipinski definition) is 0. The van der Waals surface area contributed by atoms with E-state index in [9.17, 15) is 0 Å². The maximum atomic E-state index is 15.6. The van der Waals surface area contributed by atoms with Gasteiger partial charge in [-0.25, -0.2) is 8.78 Å². The molecule has 0 saturated carbocycles. The SMILES string of the molecule is C=CC1=C(c2ccc(CCCCCc3ccc(C4=C(C(=C)C)C(=C)C=C(/C=C\C=C/C)C4)c(F)c3)cc2F)Cc2cc(C)ccc2C1=C. The molecule has 0 amide bonds. The zero-order valence-electron chi connectivity index (χ0n) is 28.7. The van der Waals surface area contributed by atoms with E-state index < -0.39 is 0 Å². The fraction of sp³-hybridized carbons (Fsp3) is 0.217. The maximum Gasteiger partial charge on any atom is 0.131 e. The summed E-state index contributed by atoms with van der Waals surface area (Å²) in [6.45, 7) is 22.7. The number of fused-ring (bicyclic) bond motifs is 1. The number of hydrogen-bond donors (Lipinski definition) is 0. The second-order valence-corrected chi connectivity index (χ2v) is 13.0. The highest BCUT2D eigenvalue weighted by Gasteiger charge is 2.23. The summed E-state index contributed by atoms with van der Waals surface area (Å²) in [5.74, 6) is -0.414. The van der Waals surface area contributed by atoms with E-state index >= 15 is 8.78 Å². The summed E-state index contributed by atoms with van der Waals surface area (Å²) < 4.78 is 31.2. The second kappa shape index (κ2) is 15.4. The van der Waals surface area contributed by atoms with E-state index in [1.54, 1.807) is 18.2 Å². The number of allylic oxidation sites excluding steroid dienone is 14. The number of rotatable bonds is 12. The van der Waals surface area contributed by atoms with Crippen LogP contribution < -0.4 is 0 Å². The molecule has 5 rings (SSSR count). The molecule has 0 saturated heterocycles. The van der Waals surface area contributed by atoms with Crippen LogP contribution in [0.5, 0.6) is 0 Å². The van der Waals surface area contributed by atoms with E-state index in [0.717, 1.165) is 93.4 Å². The summed E-state index contributed by atoms with van der Waals surface area (Å²) in [6, 6.07) is 17.6. The first-order valence-electron chi connectivity index (χ1n) is 16.9. The maximum absolute atomic E-state index is 15.6. The Bertz CT molecular complexity index is 1950. The lowest BCUT2D eigenvalue weighted by Gasteiger charge is -2.25. The number of unbranched alkanes of at least 4 members (excludes halogenated alkanes) is 2. The van der Waals surface area contributed by atoms with Crippen LogP contribution in [0.2, 0.25) is 0 Å². The lowest BCUT2D eigenvalue weighted by Crippen LogP contribution is -2.08. The third-order valence-corrected chi connectivity index (χ3v) is 9.36. The molecule has 2 aliphatic rings. The minimum Gasteiger partial charge on any atom is -0.206 e. The number of benzene rings is 3. The molecule has 0 fully saturated rings. The molecule has 2 heteroatoms. The van der Waals surface area contributed by atoms with E-state index in [2.05, 4.69) is 63.6 Å². The van der Waals surface area contributed by atoms with Crippen molar-refractivity contribution in [2.24, 2.45) is 0 Å². The normalized spacial score (nSPS) is 15.1. The Morgan fingerprint density at radius 3 is 2.00 bits per heavy atom. The Hall–Kier alpha value is -4.82. The van der Waals surface area contributed by atoms with Crippen LogP contribution in [0.15, 0.2) is 145 Å². The van der Waals surface area contributed by atoms with E-state index in [-0.39, 0.29) is 11.6 Å². The van der Waals surface area contributed by atoms with Gasteiger partial charge in [0.2, 0.25) is 0 Å². The molecule has 0 bridgehead atoms. The largest absolute Gasteiger partial charge is 0.206 e. The Labute approximate surface area is 286 Å². The number of aryl methyl sites for hydroxylation is 3. The van der Waals surface area contributed by atoms with Crippen LogP contribution in [0, 0.1) is 18.6 Å². The molecule has 0 aliphatic heterocycles. The average molecular weight is 637 g/mol. The van der Waals surface area contributed by atoms with Gasteiger partial charge in [0.15, 0.2) is 0 Å². The Balaban J connectivity index is 1.19. The molecule has 0 atom stereocenters. The van der Waals surface area contributed by atoms with Crippen molar-refractivity contribution >= 4 is 16.7 Å². The first-order chi connectivity index (χ1) is 23.1. The first-order valence-corrected chi connectivity index (χ1v) is 16.9. The molecular formula is C46H46F2. The highest BCUT2D eigenvalue weighted by Crippen LogP contribution is 2.41. The standard InChI is InChI=1S/C46H46F2/c1-8-10-12-17-36-25-32(6)46(30(3)4)43(26-36)41-23-20-35(28-45(41)48)16-14-11-13-15-34-19-22-40(44(47)27-34)42-29-37-24-31(5)18-21-39(37)33(7)38(42)9-2/h8-10,12,17-25,27-28H,2-3,6-7,11,13-16,26,29H2,1,4-5H3/b10-8-,17-12-. The van der Waals surface area contributed by atoms with Crippen molar-refractivity contribution in [3.05, 3.63) is 196 Å². The third-order valence-electron chi connectivity index (χ3n) is 9.36. The molecule has 0 aromatic heterocycles. The Morgan fingerprint density at radius 2 is 1.42 bits per heavy atom. The molecule has 3 aromatic rings. The van der Waals surface area contributed by atoms with Crippen molar-refractivity contribution in [2.45, 2.75) is 65.7 Å². The quantitative estimate of drug-likeness (QED) is 0.137. The smallest absolute Gasteiger partial charge is 0.131 e. The zero-order chi connectivity index (χ0) is 34.4. The minimum atomic E-state index is -0.210. The van der Waals surface area contributed by atoms with Gasteiger partial charge >= 0.3 is 0 Å². The monoisotopic (exact) mass is 636 g/mol. The predicted octanol–water partition coefficient (Wildman–Crippen LogP) is 12.8. The van der Waals surface area contributed by atoms with Crippen molar-refractivity contribution < 1.29 is 8.78 Å². The van der Waals surface area contributed by atoms with Crippen LogP contribution in [0.25, 0.3) is 16.7 Å². The molecule has 0 heterocycles. The summed E-state index contributed by atoms with van der Waals surface area (Å²) >= 11 is 0. The summed E-state index contributed by atoms with van der Waals surface area (Å²) in [7, 11) is 0. The fourth-order valence-electron chi connectivity index (χ4n) is 7.01. The average Bonchev–Trinajstić information content (AvgIpc) is 3.04. The molecule has 0 unspecified atom stereocenters. The minimum absolute atomic E-state index is 0.204. The van der Waals surface area contributed by atoms with Gasteiger partial charge in [0, 0.05) is 11.1 Å². The summed E-state index contributed by atoms with van der Waals surface area (Å²) in [5, 5.41) is 0. The molecule has 2 aliphatic carbocycles. The second-order valence-electron chi connectivity index (χ2n) is 13.0. The molecular weight excluding hydrogens is 591 g/mol. The zero-order valence-corrected chi connectivity index (χ0v) is 28.7. The highest BCUT2D eigenvalue weighted by molar-refractivity contribution is 5.96. The van der Waals surface area contributed by atoms with Crippen LogP contribution in [-0.2, 0) is 19.3 Å². The summed E-state index contributed by atoms with van der Waals surface area (Å²) in [5.41, 5.74) is 14.1. The Morgan fingerprint density at radius 1 is 0.792 bits per heavy atom. The van der Waals surface area contributed by atoms with Gasteiger partial charge in [0.05, 0.1) is 0 Å². The fourth-order valence-corrected chi connectivity index (χ4v) is 7.01. The van der Waals surface area contributed by atoms with Crippen molar-refractivity contribution in [1.82, 2.24) is 0 Å². The number of halogens is 2. The molecule has 48 heavy (non-hydrogen) atoms. The topological polar surface area (TPSA) is 0 Å². The lowest BCUT2D eigenvalue weighted by atomic mass is 9.79. The molecule has 0 radical (unpaired) electrons. The van der Waals surface area contributed by atoms with E-state index in [0.29, 0.717) is 24.0 Å². The van der Waals surface area contributed by atoms with Crippen LogP contribution >= 0.6 is 0 Å². The molecule has 0 N–H and O–H groups in total. The predicted molar refractivity (Wildman–Crippen MR) is 203 cm³/mol. The lowest BCUT2D eigenvalue weighted by molar-refractivity contribution is 0.615. The van der Waals surface area contributed by atoms with Gasteiger partial charge in [-0.15, -0.1) is 0 Å². The first kappa shape index (κ1) is 34.5. The van der Waals surface area contributed by atoms with Crippen molar-refractivity contribution in [2.75, 3.05) is 0 Å². The van der Waals surface area contributed by atoms with E-state index in [4.69, 9.17) is 0 Å². The van der Waals surface area contributed by atoms with Crippen molar-refractivity contribution in [1.29, 1.82) is 0 Å². The van der Waals surface area contributed by atoms with Crippen molar-refractivity contribution in [3.8, 4) is 0 Å². The highest BCUT2D eigenvalue weighted by atomic mass is 19.1. The molecule has 3 aromatic carbocycles. The van der Waals surface area contributed by atoms with Crippen LogP contribution in [0.1, 0.15) is 78.5 Å². The summed E-state index contributed by atoms with van der Waals surface area (Å²) in [6.07, 6.45) is 17.6. The van der Waals surface area contributed by atoms with E-state index in [1.165, 1.54) is 11.1 Å². The van der Waals surface area contributed by atoms with Gasteiger partial charge in [-0.05, 0) is 133 Å². The molecule has 0 spiro atoms. The van der Waals surface area contributed by atoms with Gasteiger partial charge in [-0.1, -0.05) is 123 Å². The van der Waals surface area contributed by atoms with Gasteiger partial charge in [0.25, 0.3) is 0 Å². The third kappa shape index (κ3) is 7.66. The van der Waals surface area contributed by atoms with Crippen molar-refractivity contribution in [3.63, 3.8) is 0 Å². The van der Waals surface area contributed by atoms with Gasteiger partial charge < -0.3 is 0 Å². The van der Waals surface area contributed by atoms with Crippen LogP contribution in [0.4, 0.5) is 8.78 Å². The summed E-state index contributed by atoms with van der Waals surface area (Å²) in [4.78, 5) is 0. The van der Waals surface area contributed by atoms with Gasteiger partial charge in [0.1, 0.15) is 11.6 Å². The van der Waals surface area contributed by atoms with Gasteiger partial charge in [-0.2, -0.15) is 0 Å². The molecule has 0 nitrogen and oxygen atoms in total. The van der Waals surface area contributed by atoms with E-state index in [1.807, 2.05) is 56.3 Å². The van der Waals surface area contributed by atoms with Crippen LogP contribution in [0.3, 0.4) is 0 Å².